The van der Waals surface area contributed by atoms with Crippen molar-refractivity contribution in [1.29, 1.82) is 0 Å². The van der Waals surface area contributed by atoms with Crippen LogP contribution in [0.15, 0.2) is 91.0 Å². The molecule has 2 heteroatoms. The number of allylic oxidation sites excluding steroid dienone is 1. The molecule has 2 nitrogen and oxygen atoms in total. The second-order valence-electron chi connectivity index (χ2n) is 7.50. The van der Waals surface area contributed by atoms with Gasteiger partial charge in [0.05, 0.1) is 13.7 Å². The van der Waals surface area contributed by atoms with Crippen LogP contribution in [0.4, 0.5) is 0 Å². The first-order valence-corrected chi connectivity index (χ1v) is 10.4. The van der Waals surface area contributed by atoms with Gasteiger partial charge in [0.1, 0.15) is 11.5 Å². The number of hydrogen-bond acceptors (Lipinski definition) is 2. The minimum Gasteiger partial charge on any atom is -0.497 e. The molecule has 0 fully saturated rings. The Morgan fingerprint density at radius 3 is 2.03 bits per heavy atom. The fourth-order valence-corrected chi connectivity index (χ4v) is 4.58. The number of ether oxygens (including phenoxy) is 2. The van der Waals surface area contributed by atoms with Crippen LogP contribution in [-0.4, -0.2) is 13.7 Å². The molecule has 1 atom stereocenters. The summed E-state index contributed by atoms with van der Waals surface area (Å²) in [6, 6.07) is 32.1. The molecule has 0 spiro atoms. The number of methoxy groups -OCH3 is 1. The fraction of sp³-hybridized carbons (Fsp3) is 0.143. The van der Waals surface area contributed by atoms with Crippen molar-refractivity contribution in [2.24, 2.45) is 0 Å². The van der Waals surface area contributed by atoms with Gasteiger partial charge in [0, 0.05) is 22.4 Å². The van der Waals surface area contributed by atoms with Crippen LogP contribution in [-0.2, 0) is 4.74 Å². The molecule has 148 valence electrons. The maximum atomic E-state index is 6.31. The van der Waals surface area contributed by atoms with Gasteiger partial charge in [-0.05, 0) is 41.1 Å². The van der Waals surface area contributed by atoms with Crippen molar-refractivity contribution in [3.8, 4) is 5.75 Å². The predicted octanol–water partition coefficient (Wildman–Crippen LogP) is 6.90. The Balaban J connectivity index is 1.79. The molecule has 0 N–H and O–H groups in total. The molecule has 0 aromatic heterocycles. The quantitative estimate of drug-likeness (QED) is 0.355. The van der Waals surface area contributed by atoms with Gasteiger partial charge in [0.2, 0.25) is 0 Å². The maximum Gasteiger partial charge on any atom is 0.131 e. The van der Waals surface area contributed by atoms with E-state index in [1.165, 1.54) is 38.6 Å². The number of hydrogen-bond donors (Lipinski definition) is 0. The first-order chi connectivity index (χ1) is 14.8. The number of benzene rings is 4. The van der Waals surface area contributed by atoms with Gasteiger partial charge in [-0.3, -0.25) is 0 Å². The van der Waals surface area contributed by atoms with E-state index in [0.717, 1.165) is 11.5 Å². The molecule has 4 aromatic carbocycles. The average molecular weight is 392 g/mol. The molecule has 0 saturated heterocycles. The van der Waals surface area contributed by atoms with Crippen LogP contribution in [0.5, 0.6) is 5.75 Å². The smallest absolute Gasteiger partial charge is 0.131 e. The predicted molar refractivity (Wildman–Crippen MR) is 124 cm³/mol. The second-order valence-corrected chi connectivity index (χ2v) is 7.50. The summed E-state index contributed by atoms with van der Waals surface area (Å²) in [6.45, 7) is 2.69. The van der Waals surface area contributed by atoms with Gasteiger partial charge in [-0.1, -0.05) is 78.9 Å². The monoisotopic (exact) mass is 392 g/mol. The molecule has 4 aromatic rings. The number of rotatable bonds is 6. The summed E-state index contributed by atoms with van der Waals surface area (Å²) >= 11 is 0. The minimum atomic E-state index is 0.0663. The van der Waals surface area contributed by atoms with E-state index in [1.54, 1.807) is 7.11 Å². The van der Waals surface area contributed by atoms with E-state index in [1.807, 2.05) is 12.1 Å². The second kappa shape index (κ2) is 7.72. The first-order valence-electron chi connectivity index (χ1n) is 10.4. The lowest BCUT2D eigenvalue weighted by Gasteiger charge is -2.23. The zero-order valence-electron chi connectivity index (χ0n) is 17.3. The van der Waals surface area contributed by atoms with Crippen molar-refractivity contribution in [2.45, 2.75) is 12.8 Å². The Labute approximate surface area is 177 Å². The van der Waals surface area contributed by atoms with Crippen molar-refractivity contribution in [2.75, 3.05) is 13.7 Å². The largest absolute Gasteiger partial charge is 0.497 e. The first kappa shape index (κ1) is 18.5. The lowest BCUT2D eigenvalue weighted by atomic mass is 9.82. The Morgan fingerprint density at radius 1 is 0.700 bits per heavy atom. The van der Waals surface area contributed by atoms with Gasteiger partial charge in [0.15, 0.2) is 0 Å². The van der Waals surface area contributed by atoms with Gasteiger partial charge < -0.3 is 9.47 Å². The molecule has 1 aliphatic rings. The Kier molecular flexibility index (Phi) is 4.76. The van der Waals surface area contributed by atoms with Crippen molar-refractivity contribution < 1.29 is 9.47 Å². The highest BCUT2D eigenvalue weighted by atomic mass is 16.5. The third-order valence-corrected chi connectivity index (χ3v) is 5.84. The maximum absolute atomic E-state index is 6.31. The van der Waals surface area contributed by atoms with Gasteiger partial charge in [-0.15, -0.1) is 0 Å². The van der Waals surface area contributed by atoms with Crippen LogP contribution < -0.4 is 4.74 Å². The topological polar surface area (TPSA) is 18.5 Å². The van der Waals surface area contributed by atoms with Crippen molar-refractivity contribution in [3.63, 3.8) is 0 Å². The molecule has 0 bridgehead atoms. The Morgan fingerprint density at radius 2 is 1.37 bits per heavy atom. The highest BCUT2D eigenvalue weighted by Crippen LogP contribution is 2.50. The van der Waals surface area contributed by atoms with E-state index >= 15 is 0 Å². The lowest BCUT2D eigenvalue weighted by molar-refractivity contribution is 0.299. The molecule has 1 aliphatic carbocycles. The van der Waals surface area contributed by atoms with Crippen LogP contribution in [0, 0.1) is 0 Å². The van der Waals surface area contributed by atoms with Crippen molar-refractivity contribution >= 4 is 22.1 Å². The molecule has 0 amide bonds. The molecule has 0 unspecified atom stereocenters. The van der Waals surface area contributed by atoms with Crippen LogP contribution >= 0.6 is 0 Å². The summed E-state index contributed by atoms with van der Waals surface area (Å²) in [7, 11) is 1.70. The highest BCUT2D eigenvalue weighted by molar-refractivity contribution is 6.13. The molecule has 30 heavy (non-hydrogen) atoms. The molecule has 5 rings (SSSR count). The zero-order valence-corrected chi connectivity index (χ0v) is 17.3. The van der Waals surface area contributed by atoms with E-state index in [-0.39, 0.29) is 5.92 Å². The van der Waals surface area contributed by atoms with Gasteiger partial charge >= 0.3 is 0 Å². The summed E-state index contributed by atoms with van der Waals surface area (Å²) in [4.78, 5) is 0. The van der Waals surface area contributed by atoms with Crippen LogP contribution in [0.1, 0.15) is 35.1 Å². The zero-order chi connectivity index (χ0) is 20.5. The van der Waals surface area contributed by atoms with Crippen molar-refractivity contribution in [3.05, 3.63) is 113 Å². The standard InChI is InChI=1S/C28H24O2/c1-3-30-28-24-14-8-12-20-11-7-13-23(26(20)24)27(28)25(19-9-5-4-6-10-19)21-15-17-22(29-2)18-16-21/h4-18,25H,3H2,1-2H3/t25-/m0/s1. The molecule has 0 heterocycles. The Hall–Kier alpha value is -3.52. The van der Waals surface area contributed by atoms with E-state index in [4.69, 9.17) is 9.47 Å². The van der Waals surface area contributed by atoms with E-state index in [2.05, 4.69) is 85.8 Å². The summed E-state index contributed by atoms with van der Waals surface area (Å²) in [5.74, 6) is 1.92. The minimum absolute atomic E-state index is 0.0663. The van der Waals surface area contributed by atoms with E-state index in [9.17, 15) is 0 Å². The molecule has 0 radical (unpaired) electrons. The van der Waals surface area contributed by atoms with E-state index < -0.39 is 0 Å². The third kappa shape index (κ3) is 2.96. The third-order valence-electron chi connectivity index (χ3n) is 5.84. The molecule has 0 aliphatic heterocycles. The normalized spacial score (nSPS) is 13.5. The Bertz CT molecular complexity index is 1220. The van der Waals surface area contributed by atoms with Crippen molar-refractivity contribution in [1.82, 2.24) is 0 Å². The average Bonchev–Trinajstić information content (AvgIpc) is 3.11. The van der Waals surface area contributed by atoms with Gasteiger partial charge in [-0.2, -0.15) is 0 Å². The molecule has 0 saturated carbocycles. The summed E-state index contributed by atoms with van der Waals surface area (Å²) in [6.07, 6.45) is 0. The van der Waals surface area contributed by atoms with Crippen LogP contribution in [0.2, 0.25) is 0 Å². The summed E-state index contributed by atoms with van der Waals surface area (Å²) < 4.78 is 11.7. The van der Waals surface area contributed by atoms with Crippen LogP contribution in [0.3, 0.4) is 0 Å². The van der Waals surface area contributed by atoms with Gasteiger partial charge in [-0.25, -0.2) is 0 Å². The lowest BCUT2D eigenvalue weighted by Crippen LogP contribution is -2.06. The van der Waals surface area contributed by atoms with E-state index in [0.29, 0.717) is 6.61 Å². The SMILES string of the molecule is CCOC1=C([C@@H](c2ccccc2)c2ccc(OC)cc2)c2cccc3cccc1c23. The molecular weight excluding hydrogens is 368 g/mol. The van der Waals surface area contributed by atoms with Crippen LogP contribution in [0.25, 0.3) is 22.1 Å². The summed E-state index contributed by atoms with van der Waals surface area (Å²) in [5.41, 5.74) is 6.16. The molecular formula is C28H24O2. The van der Waals surface area contributed by atoms with Gasteiger partial charge in [0.25, 0.3) is 0 Å². The summed E-state index contributed by atoms with van der Waals surface area (Å²) in [5, 5.41) is 2.53. The highest BCUT2D eigenvalue weighted by Gasteiger charge is 2.32. The fourth-order valence-electron chi connectivity index (χ4n) is 4.58.